The number of fused-ring (bicyclic) bond motifs is 1. The molecule has 0 unspecified atom stereocenters. The SMILES string of the molecule is O=C(Nc1cc2c(cc1C(=O)O)OCCCO2)c1ccc(=O)n(Cc2ccccc2)n1. The van der Waals surface area contributed by atoms with Crippen molar-refractivity contribution in [3.8, 4) is 11.5 Å². The summed E-state index contributed by atoms with van der Waals surface area (Å²) in [6.07, 6.45) is 0.658. The molecular weight excluding hydrogens is 402 g/mol. The van der Waals surface area contributed by atoms with Crippen molar-refractivity contribution in [2.45, 2.75) is 13.0 Å². The maximum absolute atomic E-state index is 12.8. The van der Waals surface area contributed by atoms with Gasteiger partial charge in [-0.15, -0.1) is 0 Å². The highest BCUT2D eigenvalue weighted by Gasteiger charge is 2.21. The van der Waals surface area contributed by atoms with Gasteiger partial charge in [-0.05, 0) is 11.6 Å². The quantitative estimate of drug-likeness (QED) is 0.649. The van der Waals surface area contributed by atoms with Crippen LogP contribution in [0.1, 0.15) is 32.8 Å². The van der Waals surface area contributed by atoms with Gasteiger partial charge in [0.05, 0.1) is 31.0 Å². The Balaban J connectivity index is 1.62. The minimum absolute atomic E-state index is 0.0287. The fourth-order valence-corrected chi connectivity index (χ4v) is 3.12. The first-order valence-electron chi connectivity index (χ1n) is 9.61. The largest absolute Gasteiger partial charge is 0.490 e. The number of amides is 1. The summed E-state index contributed by atoms with van der Waals surface area (Å²) in [5.74, 6) is -1.23. The molecule has 0 saturated heterocycles. The van der Waals surface area contributed by atoms with Crippen molar-refractivity contribution < 1.29 is 24.2 Å². The van der Waals surface area contributed by atoms with E-state index >= 15 is 0 Å². The van der Waals surface area contributed by atoms with Crippen molar-refractivity contribution in [1.29, 1.82) is 0 Å². The lowest BCUT2D eigenvalue weighted by Crippen LogP contribution is -2.26. The Labute approximate surface area is 176 Å². The monoisotopic (exact) mass is 421 g/mol. The number of carbonyl (C=O) groups is 2. The molecule has 158 valence electrons. The van der Waals surface area contributed by atoms with Gasteiger partial charge < -0.3 is 19.9 Å². The predicted molar refractivity (Wildman–Crippen MR) is 111 cm³/mol. The molecule has 0 spiro atoms. The molecule has 1 aromatic heterocycles. The van der Waals surface area contributed by atoms with E-state index in [2.05, 4.69) is 10.4 Å². The first-order chi connectivity index (χ1) is 15.0. The molecule has 9 heteroatoms. The van der Waals surface area contributed by atoms with Crippen LogP contribution in [0.3, 0.4) is 0 Å². The fraction of sp³-hybridized carbons (Fsp3) is 0.182. The molecule has 1 aliphatic rings. The molecule has 2 N–H and O–H groups in total. The van der Waals surface area contributed by atoms with Crippen molar-refractivity contribution in [2.75, 3.05) is 18.5 Å². The van der Waals surface area contributed by atoms with Crippen molar-refractivity contribution in [2.24, 2.45) is 0 Å². The number of hydrogen-bond acceptors (Lipinski definition) is 6. The van der Waals surface area contributed by atoms with Crippen LogP contribution in [0.2, 0.25) is 0 Å². The number of nitrogens with one attached hydrogen (secondary N) is 1. The van der Waals surface area contributed by atoms with Crippen LogP contribution in [-0.4, -0.2) is 40.0 Å². The summed E-state index contributed by atoms with van der Waals surface area (Å²) in [7, 11) is 0. The number of benzene rings is 2. The van der Waals surface area contributed by atoms with Crippen LogP contribution >= 0.6 is 0 Å². The molecule has 1 amide bonds. The number of hydrogen-bond donors (Lipinski definition) is 2. The zero-order chi connectivity index (χ0) is 21.8. The van der Waals surface area contributed by atoms with E-state index in [1.165, 1.54) is 28.9 Å². The van der Waals surface area contributed by atoms with Gasteiger partial charge in [-0.3, -0.25) is 9.59 Å². The van der Waals surface area contributed by atoms with Crippen LogP contribution in [0.15, 0.2) is 59.4 Å². The van der Waals surface area contributed by atoms with Gasteiger partial charge >= 0.3 is 5.97 Å². The Bertz CT molecular complexity index is 1190. The topological polar surface area (TPSA) is 120 Å². The molecule has 0 atom stereocenters. The van der Waals surface area contributed by atoms with E-state index in [-0.39, 0.29) is 29.0 Å². The predicted octanol–water partition coefficient (Wildman–Crippen LogP) is 2.40. The lowest BCUT2D eigenvalue weighted by atomic mass is 10.1. The molecule has 2 aromatic carbocycles. The third-order valence-corrected chi connectivity index (χ3v) is 4.64. The molecule has 0 fully saturated rings. The standard InChI is InChI=1S/C22H19N3O6/c26-20-8-7-16(24-25(20)13-14-5-2-1-3-6-14)21(27)23-17-12-19-18(11-15(17)22(28)29)30-9-4-10-31-19/h1-3,5-8,11-12H,4,9-10,13H2,(H,23,27)(H,28,29). The molecule has 31 heavy (non-hydrogen) atoms. The van der Waals surface area contributed by atoms with Crippen molar-refractivity contribution in [3.05, 3.63) is 81.8 Å². The zero-order valence-corrected chi connectivity index (χ0v) is 16.4. The highest BCUT2D eigenvalue weighted by molar-refractivity contribution is 6.07. The van der Waals surface area contributed by atoms with Gasteiger partial charge in [0.25, 0.3) is 11.5 Å². The molecule has 0 aliphatic carbocycles. The second-order valence-electron chi connectivity index (χ2n) is 6.85. The molecule has 0 bridgehead atoms. The van der Waals surface area contributed by atoms with Gasteiger partial charge in [0.1, 0.15) is 5.69 Å². The zero-order valence-electron chi connectivity index (χ0n) is 16.4. The van der Waals surface area contributed by atoms with Crippen LogP contribution < -0.4 is 20.3 Å². The second kappa shape index (κ2) is 8.70. The Hall–Kier alpha value is -4.14. The average Bonchev–Trinajstić information content (AvgIpc) is 3.00. The number of aromatic nitrogens is 2. The third kappa shape index (κ3) is 4.55. The van der Waals surface area contributed by atoms with Crippen molar-refractivity contribution in [1.82, 2.24) is 9.78 Å². The Morgan fingerprint density at radius 3 is 2.45 bits per heavy atom. The lowest BCUT2D eigenvalue weighted by Gasteiger charge is -2.14. The van der Waals surface area contributed by atoms with Crippen LogP contribution in [0.5, 0.6) is 11.5 Å². The fourth-order valence-electron chi connectivity index (χ4n) is 3.12. The number of carboxylic acids is 1. The minimum atomic E-state index is -1.23. The summed E-state index contributed by atoms with van der Waals surface area (Å²) in [6, 6.07) is 14.5. The summed E-state index contributed by atoms with van der Waals surface area (Å²) in [6.45, 7) is 1.02. The van der Waals surface area contributed by atoms with Crippen LogP contribution in [0.4, 0.5) is 5.69 Å². The van der Waals surface area contributed by atoms with Crippen LogP contribution in [-0.2, 0) is 6.54 Å². The Kier molecular flexibility index (Phi) is 5.65. The van der Waals surface area contributed by atoms with E-state index in [1.54, 1.807) is 0 Å². The number of carboxylic acid groups (broad SMARTS) is 1. The first-order valence-corrected chi connectivity index (χ1v) is 9.61. The molecule has 2 heterocycles. The number of nitrogens with zero attached hydrogens (tertiary/aromatic N) is 2. The molecule has 3 aromatic rings. The maximum Gasteiger partial charge on any atom is 0.337 e. The van der Waals surface area contributed by atoms with Crippen molar-refractivity contribution in [3.63, 3.8) is 0 Å². The van der Waals surface area contributed by atoms with E-state index < -0.39 is 11.9 Å². The number of anilines is 1. The van der Waals surface area contributed by atoms with Gasteiger partial charge in [-0.25, -0.2) is 9.48 Å². The molecule has 0 radical (unpaired) electrons. The number of carbonyl (C=O) groups excluding carboxylic acids is 1. The van der Waals surface area contributed by atoms with Gasteiger partial charge in [0.2, 0.25) is 0 Å². The summed E-state index contributed by atoms with van der Waals surface area (Å²) in [5, 5.41) is 16.2. The normalized spacial score (nSPS) is 12.6. The maximum atomic E-state index is 12.8. The van der Waals surface area contributed by atoms with Crippen molar-refractivity contribution >= 4 is 17.6 Å². The second-order valence-corrected chi connectivity index (χ2v) is 6.85. The number of aromatic carboxylic acids is 1. The van der Waals surface area contributed by atoms with Crippen LogP contribution in [0.25, 0.3) is 0 Å². The molecule has 9 nitrogen and oxygen atoms in total. The Morgan fingerprint density at radius 1 is 1.03 bits per heavy atom. The number of rotatable bonds is 5. The Morgan fingerprint density at radius 2 is 1.74 bits per heavy atom. The van der Waals surface area contributed by atoms with E-state index in [4.69, 9.17) is 9.47 Å². The van der Waals surface area contributed by atoms with Gasteiger partial charge in [0.15, 0.2) is 11.5 Å². The highest BCUT2D eigenvalue weighted by atomic mass is 16.5. The van der Waals surface area contributed by atoms with Gasteiger partial charge in [-0.1, -0.05) is 30.3 Å². The minimum Gasteiger partial charge on any atom is -0.490 e. The van der Waals surface area contributed by atoms with E-state index in [0.29, 0.717) is 31.1 Å². The molecule has 0 saturated carbocycles. The summed E-state index contributed by atoms with van der Waals surface area (Å²) >= 11 is 0. The smallest absolute Gasteiger partial charge is 0.337 e. The summed E-state index contributed by atoms with van der Waals surface area (Å²) < 4.78 is 12.3. The van der Waals surface area contributed by atoms with Gasteiger partial charge in [0, 0.05) is 24.6 Å². The molecule has 4 rings (SSSR count). The number of ether oxygens (including phenoxy) is 2. The lowest BCUT2D eigenvalue weighted by molar-refractivity contribution is 0.0697. The molecular formula is C22H19N3O6. The summed E-state index contributed by atoms with van der Waals surface area (Å²) in [5.41, 5.74) is 0.367. The molecule has 1 aliphatic heterocycles. The third-order valence-electron chi connectivity index (χ3n) is 4.64. The highest BCUT2D eigenvalue weighted by Crippen LogP contribution is 2.35. The van der Waals surface area contributed by atoms with E-state index in [0.717, 1.165) is 5.56 Å². The van der Waals surface area contributed by atoms with Crippen LogP contribution in [0, 0.1) is 0 Å². The van der Waals surface area contributed by atoms with E-state index in [1.807, 2.05) is 30.3 Å². The average molecular weight is 421 g/mol. The van der Waals surface area contributed by atoms with Gasteiger partial charge in [-0.2, -0.15) is 5.10 Å². The van der Waals surface area contributed by atoms with E-state index in [9.17, 15) is 19.5 Å². The summed E-state index contributed by atoms with van der Waals surface area (Å²) in [4.78, 5) is 36.6. The first kappa shape index (κ1) is 20.1.